The minimum Gasteiger partial charge on any atom is -0.456 e. The van der Waals surface area contributed by atoms with Crippen LogP contribution in [0.25, 0.3) is 97.4 Å². The van der Waals surface area contributed by atoms with Gasteiger partial charge in [-0.2, -0.15) is 0 Å². The number of rotatable bonds is 2. The van der Waals surface area contributed by atoms with Crippen LogP contribution in [-0.2, 0) is 5.41 Å². The van der Waals surface area contributed by atoms with Gasteiger partial charge < -0.3 is 4.74 Å². The van der Waals surface area contributed by atoms with Crippen LogP contribution in [0.15, 0.2) is 194 Å². The fraction of sp³-hybridized carbons (Fsp3) is 0.0175. The predicted molar refractivity (Wildman–Crippen MR) is 247 cm³/mol. The van der Waals surface area contributed by atoms with Crippen molar-refractivity contribution in [2.45, 2.75) is 5.41 Å². The maximum Gasteiger partial charge on any atom is 0.135 e. The summed E-state index contributed by atoms with van der Waals surface area (Å²) >= 11 is 1.88. The first-order chi connectivity index (χ1) is 29.3. The second-order valence-electron chi connectivity index (χ2n) is 16.2. The fourth-order valence-electron chi connectivity index (χ4n) is 11.1. The zero-order valence-electron chi connectivity index (χ0n) is 31.8. The molecule has 0 fully saturated rings. The molecule has 10 aromatic carbocycles. The molecule has 1 aliphatic heterocycles. The Hall–Kier alpha value is -7.26. The van der Waals surface area contributed by atoms with Gasteiger partial charge in [-0.3, -0.25) is 0 Å². The van der Waals surface area contributed by atoms with Crippen LogP contribution < -0.4 is 4.74 Å². The van der Waals surface area contributed by atoms with E-state index in [-0.39, 0.29) is 0 Å². The van der Waals surface area contributed by atoms with E-state index in [9.17, 15) is 0 Å². The van der Waals surface area contributed by atoms with Crippen LogP contribution in [0.3, 0.4) is 0 Å². The Kier molecular flexibility index (Phi) is 6.16. The van der Waals surface area contributed by atoms with Crippen molar-refractivity contribution < 1.29 is 4.74 Å². The van der Waals surface area contributed by atoms with Gasteiger partial charge in [-0.25, -0.2) is 0 Å². The molecule has 0 amide bonds. The van der Waals surface area contributed by atoms with Gasteiger partial charge in [0.15, 0.2) is 0 Å². The topological polar surface area (TPSA) is 9.23 Å². The molecule has 1 unspecified atom stereocenters. The summed E-state index contributed by atoms with van der Waals surface area (Å²) < 4.78 is 9.42. The lowest BCUT2D eigenvalue weighted by atomic mass is 9.61. The molecule has 59 heavy (non-hydrogen) atoms. The SMILES string of the molecule is c1ccc2c(c1)-c1ccc(-c3ccc4c5c(cccc35)-c3cc(-c5cccc6c5sc5ccccc56)ccc3O4)cc1C21c2ccccc2-c2cccc3cccc1c23. The highest BCUT2D eigenvalue weighted by Gasteiger charge is 2.50. The Bertz CT molecular complexity index is 3660. The third-order valence-electron chi connectivity index (χ3n) is 13.5. The lowest BCUT2D eigenvalue weighted by Crippen LogP contribution is -2.31. The number of thiophene rings is 1. The zero-order valence-corrected chi connectivity index (χ0v) is 32.6. The minimum atomic E-state index is -0.464. The first kappa shape index (κ1) is 31.8. The van der Waals surface area contributed by atoms with E-state index in [1.807, 2.05) is 11.3 Å². The van der Waals surface area contributed by atoms with Gasteiger partial charge in [0.25, 0.3) is 0 Å². The van der Waals surface area contributed by atoms with Crippen LogP contribution in [-0.4, -0.2) is 0 Å². The van der Waals surface area contributed by atoms with Crippen molar-refractivity contribution in [1.29, 1.82) is 0 Å². The van der Waals surface area contributed by atoms with E-state index in [2.05, 4.69) is 194 Å². The molecule has 0 N–H and O–H groups in total. The van der Waals surface area contributed by atoms with Crippen molar-refractivity contribution in [2.24, 2.45) is 0 Å². The minimum absolute atomic E-state index is 0.464. The molecule has 1 atom stereocenters. The summed E-state index contributed by atoms with van der Waals surface area (Å²) in [6.45, 7) is 0. The molecule has 0 saturated heterocycles. The largest absolute Gasteiger partial charge is 0.456 e. The predicted octanol–water partition coefficient (Wildman–Crippen LogP) is 15.8. The molecular weight excluding hydrogens is 733 g/mol. The Morgan fingerprint density at radius 2 is 0.915 bits per heavy atom. The lowest BCUT2D eigenvalue weighted by Gasteiger charge is -2.40. The molecule has 0 radical (unpaired) electrons. The van der Waals surface area contributed by atoms with Gasteiger partial charge in [-0.05, 0) is 119 Å². The molecule has 0 bridgehead atoms. The van der Waals surface area contributed by atoms with Crippen molar-refractivity contribution >= 4 is 53.1 Å². The summed E-state index contributed by atoms with van der Waals surface area (Å²) in [4.78, 5) is 0. The number of hydrogen-bond acceptors (Lipinski definition) is 2. The van der Waals surface area contributed by atoms with Gasteiger partial charge >= 0.3 is 0 Å². The molecule has 2 heteroatoms. The summed E-state index contributed by atoms with van der Waals surface area (Å²) in [5, 5.41) is 7.62. The zero-order chi connectivity index (χ0) is 38.4. The van der Waals surface area contributed by atoms with Crippen LogP contribution in [0.4, 0.5) is 0 Å². The van der Waals surface area contributed by atoms with E-state index < -0.39 is 5.41 Å². The molecule has 11 aromatic rings. The van der Waals surface area contributed by atoms with E-state index in [4.69, 9.17) is 4.74 Å². The summed E-state index contributed by atoms with van der Waals surface area (Å²) in [5.41, 5.74) is 17.4. The van der Waals surface area contributed by atoms with E-state index in [0.717, 1.165) is 22.4 Å². The van der Waals surface area contributed by atoms with Gasteiger partial charge in [0.2, 0.25) is 0 Å². The van der Waals surface area contributed by atoms with Gasteiger partial charge in [-0.15, -0.1) is 11.3 Å². The molecule has 2 aliphatic carbocycles. The van der Waals surface area contributed by atoms with Crippen LogP contribution in [0.5, 0.6) is 11.5 Å². The second kappa shape index (κ2) is 11.4. The third kappa shape index (κ3) is 4.04. The molecule has 0 saturated carbocycles. The maximum absolute atomic E-state index is 6.78. The van der Waals surface area contributed by atoms with E-state index >= 15 is 0 Å². The Labute approximate surface area is 345 Å². The Balaban J connectivity index is 0.982. The molecule has 272 valence electrons. The fourth-order valence-corrected chi connectivity index (χ4v) is 12.4. The van der Waals surface area contributed by atoms with Crippen LogP contribution in [0.2, 0.25) is 0 Å². The highest BCUT2D eigenvalue weighted by Crippen LogP contribution is 2.62. The summed E-state index contributed by atoms with van der Waals surface area (Å²) in [6, 6.07) is 72.5. The van der Waals surface area contributed by atoms with E-state index in [1.165, 1.54) is 109 Å². The van der Waals surface area contributed by atoms with Gasteiger partial charge in [0.05, 0.1) is 5.41 Å². The molecule has 1 nitrogen and oxygen atoms in total. The lowest BCUT2D eigenvalue weighted by molar-refractivity contribution is 0.487. The van der Waals surface area contributed by atoms with Crippen molar-refractivity contribution in [3.05, 3.63) is 216 Å². The Morgan fingerprint density at radius 3 is 1.78 bits per heavy atom. The van der Waals surface area contributed by atoms with E-state index in [0.29, 0.717) is 0 Å². The number of benzene rings is 10. The highest BCUT2D eigenvalue weighted by molar-refractivity contribution is 7.26. The third-order valence-corrected chi connectivity index (χ3v) is 14.7. The van der Waals surface area contributed by atoms with Crippen molar-refractivity contribution in [3.63, 3.8) is 0 Å². The smallest absolute Gasteiger partial charge is 0.135 e. The van der Waals surface area contributed by atoms with Crippen LogP contribution >= 0.6 is 11.3 Å². The molecule has 3 aliphatic rings. The molecular formula is C57H32OS. The molecule has 1 spiro atoms. The highest BCUT2D eigenvalue weighted by atomic mass is 32.1. The summed E-state index contributed by atoms with van der Waals surface area (Å²) in [7, 11) is 0. The molecule has 2 heterocycles. The molecule has 1 aromatic heterocycles. The quantitative estimate of drug-likeness (QED) is 0.170. The van der Waals surface area contributed by atoms with Crippen molar-refractivity contribution in [1.82, 2.24) is 0 Å². The van der Waals surface area contributed by atoms with Crippen molar-refractivity contribution in [3.8, 4) is 67.1 Å². The number of hydrogen-bond donors (Lipinski definition) is 0. The standard InChI is InChI=1S/C57H32OS/c1-4-21-47-38(13-1)40-27-25-35(32-50(40)57(47)48-22-5-2-14-39(48)43-17-7-11-33-12-8-23-49(57)54(33)43)36-28-30-52-55-42(36)18-10-19-44(55)46-31-34(26-29-51(46)58-52)37-16-9-20-45-41-15-3-6-24-53(41)59-56(37)45/h1-32H. The van der Waals surface area contributed by atoms with Gasteiger partial charge in [0.1, 0.15) is 11.5 Å². The maximum atomic E-state index is 6.78. The second-order valence-corrected chi connectivity index (χ2v) is 17.3. The number of ether oxygens (including phenoxy) is 1. The normalized spacial score (nSPS) is 15.3. The Morgan fingerprint density at radius 1 is 0.339 bits per heavy atom. The van der Waals surface area contributed by atoms with Gasteiger partial charge in [-0.1, -0.05) is 164 Å². The van der Waals surface area contributed by atoms with Crippen molar-refractivity contribution in [2.75, 3.05) is 0 Å². The van der Waals surface area contributed by atoms with Crippen LogP contribution in [0.1, 0.15) is 22.3 Å². The summed E-state index contributed by atoms with van der Waals surface area (Å²) in [6.07, 6.45) is 0. The monoisotopic (exact) mass is 764 g/mol. The summed E-state index contributed by atoms with van der Waals surface area (Å²) in [5.74, 6) is 1.80. The molecule has 14 rings (SSSR count). The van der Waals surface area contributed by atoms with E-state index in [1.54, 1.807) is 0 Å². The average Bonchev–Trinajstić information content (AvgIpc) is 3.82. The van der Waals surface area contributed by atoms with Crippen LogP contribution in [0, 0.1) is 0 Å². The van der Waals surface area contributed by atoms with Gasteiger partial charge in [0, 0.05) is 31.1 Å². The number of fused-ring (bicyclic) bond motifs is 14. The first-order valence-corrected chi connectivity index (χ1v) is 21.2. The first-order valence-electron chi connectivity index (χ1n) is 20.4. The average molecular weight is 765 g/mol.